The summed E-state index contributed by atoms with van der Waals surface area (Å²) in [5.74, 6) is 0.933. The fourth-order valence-electron chi connectivity index (χ4n) is 3.21. The molecule has 2 rings (SSSR count). The lowest BCUT2D eigenvalue weighted by Crippen LogP contribution is -2.49. The molecule has 0 radical (unpaired) electrons. The van der Waals surface area contributed by atoms with Crippen LogP contribution in [0.2, 0.25) is 0 Å². The molecule has 0 spiro atoms. The smallest absolute Gasteiger partial charge is 0.124 e. The number of rotatable bonds is 6. The molecule has 1 heterocycles. The molecule has 124 valence electrons. The summed E-state index contributed by atoms with van der Waals surface area (Å²) >= 11 is 0. The minimum absolute atomic E-state index is 0.141. The van der Waals surface area contributed by atoms with Crippen molar-refractivity contribution in [3.8, 4) is 5.75 Å². The molecular formula is C18H30N2O2. The maximum atomic E-state index is 9.95. The number of ether oxygens (including phenoxy) is 1. The Morgan fingerprint density at radius 2 is 1.86 bits per heavy atom. The Hall–Kier alpha value is -1.10. The molecule has 1 aromatic rings. The van der Waals surface area contributed by atoms with E-state index in [9.17, 15) is 5.11 Å². The molecule has 1 aliphatic rings. The van der Waals surface area contributed by atoms with Crippen LogP contribution in [0.1, 0.15) is 39.3 Å². The Labute approximate surface area is 134 Å². The number of aliphatic hydroxyl groups is 1. The first kappa shape index (κ1) is 17.3. The highest BCUT2D eigenvalue weighted by molar-refractivity contribution is 5.37. The number of aliphatic hydroxyl groups excluding tert-OH is 1. The van der Waals surface area contributed by atoms with Crippen LogP contribution in [0.5, 0.6) is 5.75 Å². The number of benzene rings is 1. The molecule has 1 aromatic carbocycles. The first-order chi connectivity index (χ1) is 10.5. The van der Waals surface area contributed by atoms with Crippen LogP contribution in [0, 0.1) is 5.41 Å². The van der Waals surface area contributed by atoms with Crippen LogP contribution in [0.4, 0.5) is 0 Å². The van der Waals surface area contributed by atoms with E-state index in [4.69, 9.17) is 4.74 Å². The quantitative estimate of drug-likeness (QED) is 0.847. The Balaban J connectivity index is 2.40. The Bertz CT molecular complexity index is 468. The molecule has 0 amide bonds. The summed E-state index contributed by atoms with van der Waals surface area (Å²) in [5, 5.41) is 13.3. The predicted octanol–water partition coefficient (Wildman–Crippen LogP) is 2.44. The van der Waals surface area contributed by atoms with Crippen LogP contribution in [-0.2, 0) is 0 Å². The van der Waals surface area contributed by atoms with Gasteiger partial charge in [-0.1, -0.05) is 32.0 Å². The van der Waals surface area contributed by atoms with Gasteiger partial charge in [-0.15, -0.1) is 0 Å². The van der Waals surface area contributed by atoms with Gasteiger partial charge in [-0.3, -0.25) is 4.90 Å². The van der Waals surface area contributed by atoms with Crippen molar-refractivity contribution in [3.05, 3.63) is 29.8 Å². The molecule has 1 fully saturated rings. The predicted molar refractivity (Wildman–Crippen MR) is 90.3 cm³/mol. The Morgan fingerprint density at radius 1 is 1.23 bits per heavy atom. The number of hydrogen-bond donors (Lipinski definition) is 2. The van der Waals surface area contributed by atoms with Gasteiger partial charge in [0.2, 0.25) is 0 Å². The summed E-state index contributed by atoms with van der Waals surface area (Å²) in [6.45, 7) is 12.5. The molecule has 0 saturated carbocycles. The fourth-order valence-corrected chi connectivity index (χ4v) is 3.21. The van der Waals surface area contributed by atoms with E-state index in [1.807, 2.05) is 26.0 Å². The zero-order valence-corrected chi connectivity index (χ0v) is 14.3. The van der Waals surface area contributed by atoms with Crippen molar-refractivity contribution < 1.29 is 9.84 Å². The second-order valence-corrected chi connectivity index (χ2v) is 7.04. The van der Waals surface area contributed by atoms with Gasteiger partial charge in [-0.05, 0) is 19.9 Å². The van der Waals surface area contributed by atoms with Crippen LogP contribution in [-0.4, -0.2) is 48.9 Å². The number of nitrogens with zero attached hydrogens (tertiary/aromatic N) is 1. The minimum Gasteiger partial charge on any atom is -0.491 e. The van der Waals surface area contributed by atoms with Gasteiger partial charge in [0.15, 0.2) is 0 Å². The van der Waals surface area contributed by atoms with Gasteiger partial charge in [0.1, 0.15) is 5.75 Å². The maximum absolute atomic E-state index is 9.95. The van der Waals surface area contributed by atoms with E-state index in [1.165, 1.54) is 5.56 Å². The van der Waals surface area contributed by atoms with Crippen LogP contribution in [0.25, 0.3) is 0 Å². The number of piperazine rings is 1. The number of hydrogen-bond acceptors (Lipinski definition) is 4. The zero-order valence-electron chi connectivity index (χ0n) is 14.3. The van der Waals surface area contributed by atoms with Crippen molar-refractivity contribution in [2.75, 3.05) is 32.8 Å². The molecule has 0 unspecified atom stereocenters. The van der Waals surface area contributed by atoms with E-state index < -0.39 is 0 Å². The summed E-state index contributed by atoms with van der Waals surface area (Å²) in [6.07, 6.45) is 0.141. The number of nitrogens with one attached hydrogen (secondary N) is 1. The van der Waals surface area contributed by atoms with Crippen molar-refractivity contribution in [2.24, 2.45) is 5.41 Å². The lowest BCUT2D eigenvalue weighted by molar-refractivity contribution is 0.0284. The van der Waals surface area contributed by atoms with Gasteiger partial charge in [0, 0.05) is 49.8 Å². The van der Waals surface area contributed by atoms with E-state index >= 15 is 0 Å². The standard InChI is InChI=1S/C18H30N2O2/c1-14(2)22-16-8-6-5-7-15(16)17(18(3,4)13-21)20-11-9-19-10-12-20/h5-8,14,17,19,21H,9-13H2,1-4H3/t17-/m0/s1. The van der Waals surface area contributed by atoms with E-state index in [0.717, 1.165) is 31.9 Å². The minimum atomic E-state index is -0.228. The van der Waals surface area contributed by atoms with E-state index in [1.54, 1.807) is 0 Å². The van der Waals surface area contributed by atoms with Crippen molar-refractivity contribution in [2.45, 2.75) is 39.8 Å². The van der Waals surface area contributed by atoms with Crippen LogP contribution >= 0.6 is 0 Å². The molecule has 4 heteroatoms. The molecule has 0 bridgehead atoms. The zero-order chi connectivity index (χ0) is 16.2. The van der Waals surface area contributed by atoms with E-state index in [0.29, 0.717) is 0 Å². The van der Waals surface area contributed by atoms with Crippen molar-refractivity contribution in [1.29, 1.82) is 0 Å². The van der Waals surface area contributed by atoms with Crippen molar-refractivity contribution in [1.82, 2.24) is 10.2 Å². The molecule has 0 aliphatic carbocycles. The normalized spacial score (nSPS) is 18.5. The second kappa shape index (κ2) is 7.44. The molecule has 4 nitrogen and oxygen atoms in total. The maximum Gasteiger partial charge on any atom is 0.124 e. The van der Waals surface area contributed by atoms with Crippen LogP contribution in [0.15, 0.2) is 24.3 Å². The molecule has 2 N–H and O–H groups in total. The highest BCUT2D eigenvalue weighted by atomic mass is 16.5. The van der Waals surface area contributed by atoms with Crippen molar-refractivity contribution >= 4 is 0 Å². The van der Waals surface area contributed by atoms with Crippen molar-refractivity contribution in [3.63, 3.8) is 0 Å². The lowest BCUT2D eigenvalue weighted by atomic mass is 9.79. The summed E-state index contributed by atoms with van der Waals surface area (Å²) in [5.41, 5.74) is 0.950. The van der Waals surface area contributed by atoms with Gasteiger partial charge in [-0.2, -0.15) is 0 Å². The molecule has 1 atom stereocenters. The van der Waals surface area contributed by atoms with E-state index in [-0.39, 0.29) is 24.2 Å². The Kier molecular flexibility index (Phi) is 5.84. The summed E-state index contributed by atoms with van der Waals surface area (Å²) < 4.78 is 6.03. The first-order valence-electron chi connectivity index (χ1n) is 8.27. The lowest BCUT2D eigenvalue weighted by Gasteiger charge is -2.44. The SMILES string of the molecule is CC(C)Oc1ccccc1[C@H](N1CCNCC1)C(C)(C)CO. The van der Waals surface area contributed by atoms with Gasteiger partial charge < -0.3 is 15.2 Å². The number of para-hydroxylation sites is 1. The van der Waals surface area contributed by atoms with Gasteiger partial charge in [0.25, 0.3) is 0 Å². The topological polar surface area (TPSA) is 44.7 Å². The summed E-state index contributed by atoms with van der Waals surface area (Å²) in [4.78, 5) is 2.47. The summed E-state index contributed by atoms with van der Waals surface area (Å²) in [7, 11) is 0. The average molecular weight is 306 g/mol. The first-order valence-corrected chi connectivity index (χ1v) is 8.27. The molecule has 22 heavy (non-hydrogen) atoms. The summed E-state index contributed by atoms with van der Waals surface area (Å²) in [6, 6.07) is 8.40. The van der Waals surface area contributed by atoms with Crippen LogP contribution < -0.4 is 10.1 Å². The van der Waals surface area contributed by atoms with Gasteiger partial charge in [0.05, 0.1) is 6.10 Å². The fraction of sp³-hybridized carbons (Fsp3) is 0.667. The third kappa shape index (κ3) is 4.00. The highest BCUT2D eigenvalue weighted by Gasteiger charge is 2.37. The highest BCUT2D eigenvalue weighted by Crippen LogP contribution is 2.42. The Morgan fingerprint density at radius 3 is 2.45 bits per heavy atom. The third-order valence-electron chi connectivity index (χ3n) is 4.24. The average Bonchev–Trinajstić information content (AvgIpc) is 2.49. The molecule has 1 saturated heterocycles. The molecule has 1 aliphatic heterocycles. The van der Waals surface area contributed by atoms with Gasteiger partial charge >= 0.3 is 0 Å². The largest absolute Gasteiger partial charge is 0.491 e. The second-order valence-electron chi connectivity index (χ2n) is 7.04. The monoisotopic (exact) mass is 306 g/mol. The molecule has 0 aromatic heterocycles. The van der Waals surface area contributed by atoms with E-state index in [2.05, 4.69) is 36.2 Å². The van der Waals surface area contributed by atoms with Gasteiger partial charge in [-0.25, -0.2) is 0 Å². The third-order valence-corrected chi connectivity index (χ3v) is 4.24. The molecular weight excluding hydrogens is 276 g/mol. The van der Waals surface area contributed by atoms with Crippen LogP contribution in [0.3, 0.4) is 0 Å².